The molecule has 98 valence electrons. The fraction of sp³-hybridized carbons (Fsp3) is 0.462. The van der Waals surface area contributed by atoms with Crippen molar-refractivity contribution in [3.63, 3.8) is 0 Å². The second-order valence-corrected chi connectivity index (χ2v) is 4.65. The molecule has 1 unspecified atom stereocenters. The van der Waals surface area contributed by atoms with Crippen LogP contribution in [0.15, 0.2) is 18.2 Å². The zero-order valence-electron chi connectivity index (χ0n) is 10.4. The van der Waals surface area contributed by atoms with E-state index < -0.39 is 11.6 Å². The van der Waals surface area contributed by atoms with Gasteiger partial charge in [0.05, 0.1) is 12.0 Å². The quantitative estimate of drug-likeness (QED) is 0.890. The van der Waals surface area contributed by atoms with Crippen LogP contribution < -0.4 is 5.32 Å². The predicted molar refractivity (Wildman–Crippen MR) is 63.9 cm³/mol. The Bertz CT molecular complexity index is 460. The number of halogens is 2. The zero-order valence-corrected chi connectivity index (χ0v) is 10.4. The topological polar surface area (TPSA) is 32.3 Å². The molecule has 0 spiro atoms. The number of benzene rings is 1. The van der Waals surface area contributed by atoms with Crippen LogP contribution in [-0.2, 0) is 4.79 Å². The number of rotatable bonds is 3. The highest BCUT2D eigenvalue weighted by Crippen LogP contribution is 2.23. The molecule has 1 fully saturated rings. The van der Waals surface area contributed by atoms with E-state index in [-0.39, 0.29) is 17.9 Å². The number of nitrogens with one attached hydrogen (secondary N) is 1. The average molecular weight is 254 g/mol. The molecule has 1 aliphatic rings. The number of carbonyl (C=O) groups is 1. The lowest BCUT2D eigenvalue weighted by Gasteiger charge is -2.33. The first-order chi connectivity index (χ1) is 8.50. The molecule has 1 atom stereocenters. The summed E-state index contributed by atoms with van der Waals surface area (Å²) in [5.41, 5.74) is 0.594. The molecule has 2 rings (SSSR count). The Morgan fingerprint density at radius 1 is 1.39 bits per heavy atom. The minimum atomic E-state index is -0.884. The molecule has 1 heterocycles. The maximum absolute atomic E-state index is 13.2. The Hall–Kier alpha value is -1.49. The van der Waals surface area contributed by atoms with Gasteiger partial charge in [0.2, 0.25) is 5.91 Å². The molecule has 0 aliphatic carbocycles. The van der Waals surface area contributed by atoms with E-state index in [0.29, 0.717) is 18.7 Å². The third-order valence-electron chi connectivity index (χ3n) is 3.49. The number of amides is 1. The van der Waals surface area contributed by atoms with Gasteiger partial charge in [0.25, 0.3) is 0 Å². The van der Waals surface area contributed by atoms with Crippen molar-refractivity contribution in [2.24, 2.45) is 5.92 Å². The van der Waals surface area contributed by atoms with Crippen molar-refractivity contribution >= 4 is 5.91 Å². The molecular weight excluding hydrogens is 238 g/mol. The summed E-state index contributed by atoms with van der Waals surface area (Å²) in [5, 5.41) is 3.04. The maximum atomic E-state index is 13.2. The molecule has 0 saturated carbocycles. The minimum absolute atomic E-state index is 0.00254. The molecule has 1 saturated heterocycles. The molecule has 3 nitrogen and oxygen atoms in total. The first kappa shape index (κ1) is 13.0. The van der Waals surface area contributed by atoms with Gasteiger partial charge in [0.1, 0.15) is 0 Å². The molecule has 1 aromatic rings. The summed E-state index contributed by atoms with van der Waals surface area (Å²) in [6, 6.07) is 3.47. The van der Waals surface area contributed by atoms with Gasteiger partial charge in [-0.15, -0.1) is 0 Å². The van der Waals surface area contributed by atoms with Crippen LogP contribution in [0.3, 0.4) is 0 Å². The molecule has 18 heavy (non-hydrogen) atoms. The Morgan fingerprint density at radius 2 is 2.06 bits per heavy atom. The number of hydrogen-bond donors (Lipinski definition) is 1. The van der Waals surface area contributed by atoms with Crippen molar-refractivity contribution in [1.29, 1.82) is 0 Å². The summed E-state index contributed by atoms with van der Waals surface area (Å²) in [7, 11) is 1.69. The molecule has 1 aromatic carbocycles. The van der Waals surface area contributed by atoms with E-state index in [2.05, 4.69) is 5.32 Å². The number of nitrogens with zero attached hydrogens (tertiary/aromatic N) is 1. The highest BCUT2D eigenvalue weighted by molar-refractivity contribution is 5.80. The third-order valence-corrected chi connectivity index (χ3v) is 3.49. The lowest BCUT2D eigenvalue weighted by atomic mass is 9.99. The smallest absolute Gasteiger partial charge is 0.228 e. The van der Waals surface area contributed by atoms with Crippen LogP contribution >= 0.6 is 0 Å². The molecule has 0 bridgehead atoms. The monoisotopic (exact) mass is 254 g/mol. The Kier molecular flexibility index (Phi) is 3.61. The third kappa shape index (κ3) is 2.36. The molecular formula is C13H16F2N2O. The SMILES string of the molecule is CC(c1ccc(F)c(F)c1)N(C)C(=O)C1CNC1. The van der Waals surface area contributed by atoms with Gasteiger partial charge in [-0.3, -0.25) is 4.79 Å². The van der Waals surface area contributed by atoms with Crippen LogP contribution in [0, 0.1) is 17.6 Å². The minimum Gasteiger partial charge on any atom is -0.339 e. The van der Waals surface area contributed by atoms with Gasteiger partial charge in [-0.2, -0.15) is 0 Å². The molecule has 0 aromatic heterocycles. The first-order valence-corrected chi connectivity index (χ1v) is 5.93. The van der Waals surface area contributed by atoms with Gasteiger partial charge in [0.15, 0.2) is 11.6 Å². The molecule has 1 aliphatic heterocycles. The largest absolute Gasteiger partial charge is 0.339 e. The van der Waals surface area contributed by atoms with Gasteiger partial charge in [-0.1, -0.05) is 6.07 Å². The van der Waals surface area contributed by atoms with Crippen molar-refractivity contribution in [3.8, 4) is 0 Å². The summed E-state index contributed by atoms with van der Waals surface area (Å²) in [6.07, 6.45) is 0. The van der Waals surface area contributed by atoms with Gasteiger partial charge in [-0.05, 0) is 24.6 Å². The summed E-state index contributed by atoms with van der Waals surface area (Å²) in [4.78, 5) is 13.6. The van der Waals surface area contributed by atoms with Crippen LogP contribution in [0.4, 0.5) is 8.78 Å². The van der Waals surface area contributed by atoms with E-state index in [1.165, 1.54) is 6.07 Å². The fourth-order valence-electron chi connectivity index (χ4n) is 1.94. The standard InChI is InChI=1S/C13H16F2N2O/c1-8(9-3-4-11(14)12(15)5-9)17(2)13(18)10-6-16-7-10/h3-5,8,10,16H,6-7H2,1-2H3. The Balaban J connectivity index is 2.11. The average Bonchev–Trinajstić information content (AvgIpc) is 2.28. The molecule has 0 radical (unpaired) electrons. The summed E-state index contributed by atoms with van der Waals surface area (Å²) in [5.74, 6) is -1.72. The highest BCUT2D eigenvalue weighted by atomic mass is 19.2. The summed E-state index contributed by atoms with van der Waals surface area (Å²) in [6.45, 7) is 3.18. The summed E-state index contributed by atoms with van der Waals surface area (Å²) >= 11 is 0. The highest BCUT2D eigenvalue weighted by Gasteiger charge is 2.30. The van der Waals surface area contributed by atoms with Crippen LogP contribution in [-0.4, -0.2) is 30.9 Å². The van der Waals surface area contributed by atoms with Crippen LogP contribution in [0.2, 0.25) is 0 Å². The van der Waals surface area contributed by atoms with Crippen LogP contribution in [0.1, 0.15) is 18.5 Å². The van der Waals surface area contributed by atoms with E-state index in [0.717, 1.165) is 12.1 Å². The van der Waals surface area contributed by atoms with Gasteiger partial charge < -0.3 is 10.2 Å². The van der Waals surface area contributed by atoms with Crippen molar-refractivity contribution in [1.82, 2.24) is 10.2 Å². The van der Waals surface area contributed by atoms with E-state index >= 15 is 0 Å². The van der Waals surface area contributed by atoms with Crippen molar-refractivity contribution in [2.45, 2.75) is 13.0 Å². The van der Waals surface area contributed by atoms with Crippen molar-refractivity contribution < 1.29 is 13.6 Å². The Labute approximate surface area is 105 Å². The fourth-order valence-corrected chi connectivity index (χ4v) is 1.94. The second-order valence-electron chi connectivity index (χ2n) is 4.65. The normalized spacial score (nSPS) is 17.1. The zero-order chi connectivity index (χ0) is 13.3. The van der Waals surface area contributed by atoms with Crippen LogP contribution in [0.25, 0.3) is 0 Å². The maximum Gasteiger partial charge on any atom is 0.228 e. The van der Waals surface area contributed by atoms with Crippen LogP contribution in [0.5, 0.6) is 0 Å². The summed E-state index contributed by atoms with van der Waals surface area (Å²) < 4.78 is 26.0. The van der Waals surface area contributed by atoms with E-state index in [1.54, 1.807) is 18.9 Å². The number of hydrogen-bond acceptors (Lipinski definition) is 2. The van der Waals surface area contributed by atoms with E-state index in [9.17, 15) is 13.6 Å². The predicted octanol–water partition coefficient (Wildman–Crippen LogP) is 1.70. The van der Waals surface area contributed by atoms with E-state index in [1.807, 2.05) is 0 Å². The molecule has 1 N–H and O–H groups in total. The molecule has 5 heteroatoms. The van der Waals surface area contributed by atoms with Crippen molar-refractivity contribution in [2.75, 3.05) is 20.1 Å². The first-order valence-electron chi connectivity index (χ1n) is 5.93. The van der Waals surface area contributed by atoms with E-state index in [4.69, 9.17) is 0 Å². The lowest BCUT2D eigenvalue weighted by Crippen LogP contribution is -2.51. The Morgan fingerprint density at radius 3 is 2.56 bits per heavy atom. The molecule has 1 amide bonds. The number of carbonyl (C=O) groups excluding carboxylic acids is 1. The van der Waals surface area contributed by atoms with Crippen molar-refractivity contribution in [3.05, 3.63) is 35.4 Å². The van der Waals surface area contributed by atoms with Gasteiger partial charge >= 0.3 is 0 Å². The van der Waals surface area contributed by atoms with Gasteiger partial charge in [0, 0.05) is 20.1 Å². The lowest BCUT2D eigenvalue weighted by molar-refractivity contribution is -0.137. The second kappa shape index (κ2) is 5.02. The van der Waals surface area contributed by atoms with Gasteiger partial charge in [-0.25, -0.2) is 8.78 Å².